The Labute approximate surface area is 126 Å². The Hall–Kier alpha value is -1.18. The zero-order valence-electron chi connectivity index (χ0n) is 11.0. The second-order valence-electron chi connectivity index (χ2n) is 4.65. The van der Waals surface area contributed by atoms with Gasteiger partial charge in [-0.05, 0) is 48.4 Å². The minimum Gasteiger partial charge on any atom is -0.372 e. The summed E-state index contributed by atoms with van der Waals surface area (Å²) in [4.78, 5) is 9.40. The van der Waals surface area contributed by atoms with E-state index in [4.69, 9.17) is 4.98 Å². The molecule has 0 amide bonds. The zero-order chi connectivity index (χ0) is 13.4. The van der Waals surface area contributed by atoms with Crippen LogP contribution in [0.5, 0.6) is 0 Å². The first-order chi connectivity index (χ1) is 9.24. The molecular formula is C13H16IN5. The van der Waals surface area contributed by atoms with Gasteiger partial charge in [-0.1, -0.05) is 0 Å². The highest BCUT2D eigenvalue weighted by atomic mass is 127. The third-order valence-electron chi connectivity index (χ3n) is 3.32. The van der Waals surface area contributed by atoms with Crippen molar-refractivity contribution in [3.63, 3.8) is 0 Å². The van der Waals surface area contributed by atoms with Crippen molar-refractivity contribution in [3.05, 3.63) is 21.5 Å². The number of aromatic nitrogens is 4. The summed E-state index contributed by atoms with van der Waals surface area (Å²) in [5.41, 5.74) is 2.16. The molecule has 0 bridgehead atoms. The van der Waals surface area contributed by atoms with E-state index in [2.05, 4.69) is 44.9 Å². The molecule has 1 aliphatic rings. The molecule has 2 aromatic heterocycles. The number of aryl methyl sites for hydroxylation is 1. The van der Waals surface area contributed by atoms with Crippen LogP contribution in [0.4, 0.5) is 5.82 Å². The van der Waals surface area contributed by atoms with Gasteiger partial charge in [-0.15, -0.1) is 0 Å². The predicted octanol–water partition coefficient (Wildman–Crippen LogP) is 2.88. The van der Waals surface area contributed by atoms with Crippen LogP contribution < -0.4 is 5.32 Å². The van der Waals surface area contributed by atoms with Gasteiger partial charge in [0, 0.05) is 25.7 Å². The van der Waals surface area contributed by atoms with Crippen molar-refractivity contribution in [1.82, 2.24) is 19.7 Å². The van der Waals surface area contributed by atoms with Gasteiger partial charge in [-0.25, -0.2) is 9.97 Å². The molecule has 2 aromatic rings. The number of hydrogen-bond donors (Lipinski definition) is 1. The summed E-state index contributed by atoms with van der Waals surface area (Å²) in [6, 6.07) is 1.97. The Balaban J connectivity index is 2.13. The fourth-order valence-electron chi connectivity index (χ4n) is 2.15. The molecular weight excluding hydrogens is 353 g/mol. The van der Waals surface area contributed by atoms with Crippen molar-refractivity contribution in [2.75, 3.05) is 12.4 Å². The van der Waals surface area contributed by atoms with Gasteiger partial charge in [-0.3, -0.25) is 4.68 Å². The van der Waals surface area contributed by atoms with Crippen LogP contribution in [0, 0.1) is 3.57 Å². The Bertz CT molecular complexity index is 603. The molecule has 2 heterocycles. The summed E-state index contributed by atoms with van der Waals surface area (Å²) in [7, 11) is 1.90. The first kappa shape index (κ1) is 12.8. The monoisotopic (exact) mass is 369 g/mol. The minimum atomic E-state index is 0.610. The molecule has 1 fully saturated rings. The average Bonchev–Trinajstić information content (AvgIpc) is 3.16. The lowest BCUT2D eigenvalue weighted by atomic mass is 10.2. The van der Waals surface area contributed by atoms with Gasteiger partial charge in [-0.2, -0.15) is 5.10 Å². The highest BCUT2D eigenvalue weighted by Gasteiger charge is 2.29. The lowest BCUT2D eigenvalue weighted by molar-refractivity contribution is 0.663. The standard InChI is InChI=1S/C13H16IN5/c1-3-19-9(6-7-16-19)12-17-11(8-4-5-8)10(14)13(15-2)18-12/h6-8H,3-5H2,1-2H3,(H,15,17,18). The van der Waals surface area contributed by atoms with E-state index in [1.54, 1.807) is 6.20 Å². The molecule has 0 aliphatic heterocycles. The number of rotatable bonds is 4. The van der Waals surface area contributed by atoms with E-state index < -0.39 is 0 Å². The molecule has 100 valence electrons. The van der Waals surface area contributed by atoms with E-state index in [9.17, 15) is 0 Å². The van der Waals surface area contributed by atoms with E-state index in [0.717, 1.165) is 27.5 Å². The summed E-state index contributed by atoms with van der Waals surface area (Å²) in [6.45, 7) is 2.90. The normalized spacial score (nSPS) is 14.7. The molecule has 0 unspecified atom stereocenters. The maximum Gasteiger partial charge on any atom is 0.180 e. The van der Waals surface area contributed by atoms with Crippen LogP contribution in [0.2, 0.25) is 0 Å². The van der Waals surface area contributed by atoms with Gasteiger partial charge in [0.25, 0.3) is 0 Å². The van der Waals surface area contributed by atoms with Gasteiger partial charge in [0.05, 0.1) is 9.26 Å². The topological polar surface area (TPSA) is 55.6 Å². The molecule has 0 spiro atoms. The van der Waals surface area contributed by atoms with Gasteiger partial charge >= 0.3 is 0 Å². The Morgan fingerprint density at radius 3 is 2.84 bits per heavy atom. The van der Waals surface area contributed by atoms with Crippen molar-refractivity contribution in [2.45, 2.75) is 32.2 Å². The number of halogens is 1. The van der Waals surface area contributed by atoms with Gasteiger partial charge in [0.1, 0.15) is 11.5 Å². The number of nitrogens with one attached hydrogen (secondary N) is 1. The highest BCUT2D eigenvalue weighted by molar-refractivity contribution is 14.1. The third kappa shape index (κ3) is 2.33. The summed E-state index contributed by atoms with van der Waals surface area (Å²) >= 11 is 2.34. The Kier molecular flexibility index (Phi) is 3.42. The smallest absolute Gasteiger partial charge is 0.180 e. The summed E-state index contributed by atoms with van der Waals surface area (Å²) < 4.78 is 3.08. The molecule has 0 radical (unpaired) electrons. The number of nitrogens with zero attached hydrogens (tertiary/aromatic N) is 4. The van der Waals surface area contributed by atoms with Crippen molar-refractivity contribution < 1.29 is 0 Å². The van der Waals surface area contributed by atoms with Crippen LogP contribution in [0.25, 0.3) is 11.5 Å². The van der Waals surface area contributed by atoms with Crippen molar-refractivity contribution in [2.24, 2.45) is 0 Å². The molecule has 0 aromatic carbocycles. The van der Waals surface area contributed by atoms with Crippen LogP contribution in [0.15, 0.2) is 12.3 Å². The van der Waals surface area contributed by atoms with E-state index >= 15 is 0 Å². The second kappa shape index (κ2) is 5.07. The van der Waals surface area contributed by atoms with E-state index in [1.807, 2.05) is 17.8 Å². The lowest BCUT2D eigenvalue weighted by Crippen LogP contribution is -2.07. The quantitative estimate of drug-likeness (QED) is 0.843. The number of hydrogen-bond acceptors (Lipinski definition) is 4. The molecule has 6 heteroatoms. The van der Waals surface area contributed by atoms with Crippen molar-refractivity contribution >= 4 is 28.4 Å². The molecule has 0 saturated heterocycles. The van der Waals surface area contributed by atoms with Crippen molar-refractivity contribution in [1.29, 1.82) is 0 Å². The van der Waals surface area contributed by atoms with Crippen LogP contribution in [-0.2, 0) is 6.54 Å². The lowest BCUT2D eigenvalue weighted by Gasteiger charge is -2.11. The van der Waals surface area contributed by atoms with Gasteiger partial charge < -0.3 is 5.32 Å². The van der Waals surface area contributed by atoms with Crippen LogP contribution in [0.3, 0.4) is 0 Å². The van der Waals surface area contributed by atoms with E-state index in [0.29, 0.717) is 5.92 Å². The summed E-state index contributed by atoms with van der Waals surface area (Å²) in [5, 5.41) is 7.46. The fraction of sp³-hybridized carbons (Fsp3) is 0.462. The summed E-state index contributed by atoms with van der Waals surface area (Å²) in [5.74, 6) is 2.29. The predicted molar refractivity (Wildman–Crippen MR) is 83.2 cm³/mol. The molecule has 3 rings (SSSR count). The third-order valence-corrected chi connectivity index (χ3v) is 4.39. The van der Waals surface area contributed by atoms with Crippen LogP contribution in [-0.4, -0.2) is 26.8 Å². The zero-order valence-corrected chi connectivity index (χ0v) is 13.2. The average molecular weight is 369 g/mol. The van der Waals surface area contributed by atoms with Crippen molar-refractivity contribution in [3.8, 4) is 11.5 Å². The molecule has 19 heavy (non-hydrogen) atoms. The second-order valence-corrected chi connectivity index (χ2v) is 5.73. The highest BCUT2D eigenvalue weighted by Crippen LogP contribution is 2.42. The molecule has 0 atom stereocenters. The molecule has 1 N–H and O–H groups in total. The SMILES string of the molecule is CCn1nccc1-c1nc(NC)c(I)c(C2CC2)n1. The maximum atomic E-state index is 4.77. The maximum absolute atomic E-state index is 4.77. The molecule has 5 nitrogen and oxygen atoms in total. The molecule has 1 aliphatic carbocycles. The van der Waals surface area contributed by atoms with Crippen LogP contribution in [0.1, 0.15) is 31.4 Å². The Morgan fingerprint density at radius 1 is 1.42 bits per heavy atom. The van der Waals surface area contributed by atoms with Gasteiger partial charge in [0.2, 0.25) is 0 Å². The van der Waals surface area contributed by atoms with Crippen LogP contribution >= 0.6 is 22.6 Å². The Morgan fingerprint density at radius 2 is 2.21 bits per heavy atom. The number of anilines is 1. The molecule has 1 saturated carbocycles. The summed E-state index contributed by atoms with van der Waals surface area (Å²) in [6.07, 6.45) is 4.28. The first-order valence-electron chi connectivity index (χ1n) is 6.52. The minimum absolute atomic E-state index is 0.610. The fourth-order valence-corrected chi connectivity index (χ4v) is 3.10. The largest absolute Gasteiger partial charge is 0.372 e. The van der Waals surface area contributed by atoms with E-state index in [-0.39, 0.29) is 0 Å². The van der Waals surface area contributed by atoms with Gasteiger partial charge in [0.15, 0.2) is 5.82 Å². The first-order valence-corrected chi connectivity index (χ1v) is 7.59. The van der Waals surface area contributed by atoms with E-state index in [1.165, 1.54) is 18.5 Å².